The molecule has 0 aliphatic heterocycles. The zero-order chi connectivity index (χ0) is 19.8. The molecule has 0 aliphatic carbocycles. The highest BCUT2D eigenvalue weighted by molar-refractivity contribution is 7.21. The van der Waals surface area contributed by atoms with Gasteiger partial charge in [0.25, 0.3) is 0 Å². The van der Waals surface area contributed by atoms with Crippen molar-refractivity contribution in [3.8, 4) is 16.5 Å². The third-order valence-electron chi connectivity index (χ3n) is 4.87. The maximum absolute atomic E-state index is 10.9. The molecule has 3 aromatic heterocycles. The third-order valence-corrected chi connectivity index (χ3v) is 5.96. The van der Waals surface area contributed by atoms with Gasteiger partial charge in [-0.15, -0.1) is 11.3 Å². The van der Waals surface area contributed by atoms with E-state index in [0.29, 0.717) is 11.1 Å². The van der Waals surface area contributed by atoms with Gasteiger partial charge in [0.15, 0.2) is 0 Å². The van der Waals surface area contributed by atoms with Gasteiger partial charge in [-0.25, -0.2) is 4.98 Å². The molecule has 29 heavy (non-hydrogen) atoms. The summed E-state index contributed by atoms with van der Waals surface area (Å²) in [6, 6.07) is 19.7. The molecule has 0 radical (unpaired) electrons. The summed E-state index contributed by atoms with van der Waals surface area (Å²) in [6.07, 6.45) is 4.34. The number of hydrogen-bond donors (Lipinski definition) is 2. The number of H-pyrrole nitrogens is 1. The number of aromatic amines is 1. The Labute approximate surface area is 170 Å². The fourth-order valence-corrected chi connectivity index (χ4v) is 4.42. The maximum Gasteiger partial charge on any atom is 0.150 e. The molecule has 0 fully saturated rings. The van der Waals surface area contributed by atoms with Gasteiger partial charge in [0, 0.05) is 44.8 Å². The second kappa shape index (κ2) is 6.89. The second-order valence-electron chi connectivity index (χ2n) is 6.60. The molecule has 2 aromatic carbocycles. The first-order valence-electron chi connectivity index (χ1n) is 8.98. The van der Waals surface area contributed by atoms with Crippen molar-refractivity contribution in [1.29, 1.82) is 5.26 Å². The normalized spacial score (nSPS) is 10.9. The maximum atomic E-state index is 10.9. The molecule has 0 saturated carbocycles. The van der Waals surface area contributed by atoms with Crippen LogP contribution in [0.5, 0.6) is 0 Å². The van der Waals surface area contributed by atoms with Crippen LogP contribution in [0.15, 0.2) is 67.0 Å². The molecular weight excluding hydrogens is 380 g/mol. The lowest BCUT2D eigenvalue weighted by Crippen LogP contribution is -1.95. The number of benzene rings is 2. The minimum absolute atomic E-state index is 0.491. The molecular formula is C23H14N4OS. The zero-order valence-corrected chi connectivity index (χ0v) is 16.0. The molecule has 5 rings (SSSR count). The molecule has 0 saturated heterocycles. The van der Waals surface area contributed by atoms with E-state index in [-0.39, 0.29) is 0 Å². The molecule has 0 atom stereocenters. The quantitative estimate of drug-likeness (QED) is 0.373. The van der Waals surface area contributed by atoms with E-state index in [2.05, 4.69) is 21.4 Å². The van der Waals surface area contributed by atoms with Crippen molar-refractivity contribution >= 4 is 50.1 Å². The highest BCUT2D eigenvalue weighted by Gasteiger charge is 2.15. The summed E-state index contributed by atoms with van der Waals surface area (Å²) < 4.78 is 0. The Kier molecular flexibility index (Phi) is 4.08. The van der Waals surface area contributed by atoms with Gasteiger partial charge in [0.1, 0.15) is 17.2 Å². The van der Waals surface area contributed by atoms with Crippen molar-refractivity contribution < 1.29 is 4.79 Å². The summed E-state index contributed by atoms with van der Waals surface area (Å²) in [6.45, 7) is 0. The van der Waals surface area contributed by atoms with Crippen LogP contribution in [-0.4, -0.2) is 16.3 Å². The standard InChI is InChI=1S/C23H14N4OS/c24-11-16-12-26-23-18(10-21(29-23)15-6-4-14(13-28)5-7-15)22(16)27-20-3-1-2-19-17(20)8-9-25-19/h1-10,12-13,25H,(H,26,27). The number of fused-ring (bicyclic) bond motifs is 2. The predicted octanol–water partition coefficient (Wildman–Crippen LogP) is 5.87. The fourth-order valence-electron chi connectivity index (χ4n) is 3.41. The summed E-state index contributed by atoms with van der Waals surface area (Å²) in [5.74, 6) is 0. The van der Waals surface area contributed by atoms with Gasteiger partial charge >= 0.3 is 0 Å². The number of pyridine rings is 1. The number of rotatable bonds is 4. The molecule has 5 nitrogen and oxygen atoms in total. The Balaban J connectivity index is 1.65. The van der Waals surface area contributed by atoms with Crippen molar-refractivity contribution in [2.45, 2.75) is 0 Å². The lowest BCUT2D eigenvalue weighted by molar-refractivity contribution is 0.112. The van der Waals surface area contributed by atoms with Crippen LogP contribution in [0.3, 0.4) is 0 Å². The van der Waals surface area contributed by atoms with Gasteiger partial charge in [0.05, 0.1) is 11.3 Å². The highest BCUT2D eigenvalue weighted by Crippen LogP contribution is 2.39. The van der Waals surface area contributed by atoms with Gasteiger partial charge in [-0.3, -0.25) is 4.79 Å². The van der Waals surface area contributed by atoms with E-state index in [9.17, 15) is 10.1 Å². The fraction of sp³-hybridized carbons (Fsp3) is 0. The van der Waals surface area contributed by atoms with Crippen LogP contribution < -0.4 is 5.32 Å². The molecule has 3 heterocycles. The number of nitrogens with zero attached hydrogens (tertiary/aromatic N) is 2. The minimum atomic E-state index is 0.491. The van der Waals surface area contributed by atoms with Crippen LogP contribution in [0.25, 0.3) is 31.6 Å². The summed E-state index contributed by atoms with van der Waals surface area (Å²) in [7, 11) is 0. The van der Waals surface area contributed by atoms with Crippen molar-refractivity contribution in [2.24, 2.45) is 0 Å². The Morgan fingerprint density at radius 2 is 1.97 bits per heavy atom. The molecule has 138 valence electrons. The molecule has 0 unspecified atom stereocenters. The Hall–Kier alpha value is -3.95. The lowest BCUT2D eigenvalue weighted by atomic mass is 10.1. The van der Waals surface area contributed by atoms with E-state index in [0.717, 1.165) is 49.2 Å². The van der Waals surface area contributed by atoms with Crippen LogP contribution in [0.2, 0.25) is 0 Å². The number of hydrogen-bond acceptors (Lipinski definition) is 5. The number of anilines is 2. The molecule has 2 N–H and O–H groups in total. The summed E-state index contributed by atoms with van der Waals surface area (Å²) in [5.41, 5.74) is 4.84. The number of thiophene rings is 1. The first kappa shape index (κ1) is 17.2. The van der Waals surface area contributed by atoms with Crippen LogP contribution in [-0.2, 0) is 0 Å². The number of aromatic nitrogens is 2. The number of carbonyl (C=O) groups is 1. The highest BCUT2D eigenvalue weighted by atomic mass is 32.1. The van der Waals surface area contributed by atoms with Gasteiger partial charge < -0.3 is 10.3 Å². The van der Waals surface area contributed by atoms with Gasteiger partial charge in [-0.1, -0.05) is 30.3 Å². The van der Waals surface area contributed by atoms with E-state index in [1.165, 1.54) is 0 Å². The van der Waals surface area contributed by atoms with Crippen molar-refractivity contribution in [3.63, 3.8) is 0 Å². The topological polar surface area (TPSA) is 81.6 Å². The van der Waals surface area contributed by atoms with Crippen molar-refractivity contribution in [3.05, 3.63) is 78.1 Å². The van der Waals surface area contributed by atoms with E-state index in [4.69, 9.17) is 0 Å². The Morgan fingerprint density at radius 1 is 1.10 bits per heavy atom. The number of aldehydes is 1. The van der Waals surface area contributed by atoms with Gasteiger partial charge in [-0.2, -0.15) is 5.26 Å². The first-order valence-corrected chi connectivity index (χ1v) is 9.80. The molecule has 0 bridgehead atoms. The molecule has 5 aromatic rings. The van der Waals surface area contributed by atoms with Gasteiger partial charge in [-0.05, 0) is 29.8 Å². The van der Waals surface area contributed by atoms with Crippen molar-refractivity contribution in [2.75, 3.05) is 5.32 Å². The van der Waals surface area contributed by atoms with Crippen LogP contribution in [0.1, 0.15) is 15.9 Å². The van der Waals surface area contributed by atoms with Crippen LogP contribution in [0, 0.1) is 11.3 Å². The smallest absolute Gasteiger partial charge is 0.150 e. The zero-order valence-electron chi connectivity index (χ0n) is 15.1. The first-order chi connectivity index (χ1) is 14.3. The number of nitrogens with one attached hydrogen (secondary N) is 2. The average molecular weight is 394 g/mol. The molecule has 0 aliphatic rings. The third kappa shape index (κ3) is 2.94. The molecule has 0 amide bonds. The van der Waals surface area contributed by atoms with Crippen molar-refractivity contribution in [1.82, 2.24) is 9.97 Å². The Morgan fingerprint density at radius 3 is 2.76 bits per heavy atom. The predicted molar refractivity (Wildman–Crippen MR) is 117 cm³/mol. The van der Waals surface area contributed by atoms with Gasteiger partial charge in [0.2, 0.25) is 0 Å². The number of carbonyl (C=O) groups excluding carboxylic acids is 1. The SMILES string of the molecule is N#Cc1cnc2sc(-c3ccc(C=O)cc3)cc2c1Nc1cccc2[nH]ccc12. The summed E-state index contributed by atoms with van der Waals surface area (Å²) in [5, 5.41) is 15.1. The van der Waals surface area contributed by atoms with E-state index in [1.54, 1.807) is 29.7 Å². The number of nitriles is 1. The lowest BCUT2D eigenvalue weighted by Gasteiger charge is -2.10. The minimum Gasteiger partial charge on any atom is -0.361 e. The molecule has 6 heteroatoms. The van der Waals surface area contributed by atoms with E-state index < -0.39 is 0 Å². The van der Waals surface area contributed by atoms with E-state index >= 15 is 0 Å². The largest absolute Gasteiger partial charge is 0.361 e. The monoisotopic (exact) mass is 394 g/mol. The van der Waals surface area contributed by atoms with Crippen LogP contribution >= 0.6 is 11.3 Å². The average Bonchev–Trinajstić information content (AvgIpc) is 3.42. The summed E-state index contributed by atoms with van der Waals surface area (Å²) in [4.78, 5) is 20.5. The summed E-state index contributed by atoms with van der Waals surface area (Å²) >= 11 is 1.56. The molecule has 0 spiro atoms. The van der Waals surface area contributed by atoms with Crippen LogP contribution in [0.4, 0.5) is 11.4 Å². The Bertz CT molecular complexity index is 1410. The van der Waals surface area contributed by atoms with E-state index in [1.807, 2.05) is 48.7 Å². The second-order valence-corrected chi connectivity index (χ2v) is 7.63.